The van der Waals surface area contributed by atoms with Gasteiger partial charge in [-0.05, 0) is 37.8 Å². The second kappa shape index (κ2) is 5.87. The third kappa shape index (κ3) is 2.86. The molecule has 2 aromatic heterocycles. The van der Waals surface area contributed by atoms with Crippen LogP contribution in [0.1, 0.15) is 37.3 Å². The van der Waals surface area contributed by atoms with Gasteiger partial charge in [0.15, 0.2) is 5.82 Å². The van der Waals surface area contributed by atoms with Crippen molar-refractivity contribution in [1.82, 2.24) is 14.7 Å². The number of nitrogens with zero attached hydrogens (tertiary/aromatic N) is 3. The number of carbonyl (C=O) groups is 1. The van der Waals surface area contributed by atoms with Gasteiger partial charge in [-0.15, -0.1) is 0 Å². The molecular formula is C16H22N4O2. The lowest BCUT2D eigenvalue weighted by Gasteiger charge is -2.37. The average Bonchev–Trinajstić information content (AvgIpc) is 3.09. The highest BCUT2D eigenvalue weighted by Gasteiger charge is 2.33. The number of nitrogens with one attached hydrogen (secondary N) is 1. The number of hydrogen-bond donors (Lipinski definition) is 1. The van der Waals surface area contributed by atoms with Crippen LogP contribution in [-0.2, 0) is 7.05 Å². The summed E-state index contributed by atoms with van der Waals surface area (Å²) in [6, 6.07) is 5.54. The van der Waals surface area contributed by atoms with Crippen molar-refractivity contribution in [3.63, 3.8) is 0 Å². The number of piperidine rings is 1. The Kier molecular flexibility index (Phi) is 3.92. The van der Waals surface area contributed by atoms with Crippen molar-refractivity contribution in [3.8, 4) is 0 Å². The van der Waals surface area contributed by atoms with Gasteiger partial charge in [-0.3, -0.25) is 10.00 Å². The molecule has 6 heteroatoms. The number of urea groups is 1. The van der Waals surface area contributed by atoms with Crippen LogP contribution < -0.4 is 5.32 Å². The molecule has 1 saturated heterocycles. The highest BCUT2D eigenvalue weighted by atomic mass is 16.3. The molecule has 0 aliphatic carbocycles. The molecule has 22 heavy (non-hydrogen) atoms. The average molecular weight is 302 g/mol. The Labute approximate surface area is 130 Å². The molecule has 0 saturated carbocycles. The fourth-order valence-electron chi connectivity index (χ4n) is 2.94. The molecule has 118 valence electrons. The fourth-order valence-corrected chi connectivity index (χ4v) is 2.94. The fraction of sp³-hybridized carbons (Fsp3) is 0.500. The Morgan fingerprint density at radius 2 is 2.32 bits per heavy atom. The van der Waals surface area contributed by atoms with Crippen molar-refractivity contribution >= 4 is 11.8 Å². The van der Waals surface area contributed by atoms with Crippen molar-refractivity contribution in [2.45, 2.75) is 32.7 Å². The van der Waals surface area contributed by atoms with Crippen LogP contribution in [0.2, 0.25) is 0 Å². The summed E-state index contributed by atoms with van der Waals surface area (Å²) in [5.74, 6) is 2.01. The number of aryl methyl sites for hydroxylation is 2. The summed E-state index contributed by atoms with van der Waals surface area (Å²) in [5.41, 5.74) is 1.00. The molecule has 2 amide bonds. The first kappa shape index (κ1) is 14.7. The molecule has 3 heterocycles. The van der Waals surface area contributed by atoms with E-state index in [0.29, 0.717) is 11.7 Å². The lowest BCUT2D eigenvalue weighted by molar-refractivity contribution is 0.129. The Bertz CT molecular complexity index is 628. The molecule has 2 aromatic rings. The SMILES string of the molecule is Cc1cc(NC(=O)N2CC[C@H](C)C[C@H]2c2ccco2)nn1C. The topological polar surface area (TPSA) is 63.3 Å². The zero-order valence-electron chi connectivity index (χ0n) is 13.2. The van der Waals surface area contributed by atoms with Crippen LogP contribution in [0.3, 0.4) is 0 Å². The van der Waals surface area contributed by atoms with Gasteiger partial charge in [0.25, 0.3) is 0 Å². The molecule has 0 aromatic carbocycles. The molecule has 0 spiro atoms. The Morgan fingerprint density at radius 1 is 1.50 bits per heavy atom. The second-order valence-electron chi connectivity index (χ2n) is 6.08. The van der Waals surface area contributed by atoms with Crippen molar-refractivity contribution in [1.29, 1.82) is 0 Å². The molecule has 0 radical (unpaired) electrons. The van der Waals surface area contributed by atoms with E-state index in [1.54, 1.807) is 10.9 Å². The van der Waals surface area contributed by atoms with Crippen LogP contribution in [0.4, 0.5) is 10.6 Å². The van der Waals surface area contributed by atoms with E-state index < -0.39 is 0 Å². The number of carbonyl (C=O) groups excluding carboxylic acids is 1. The Balaban J connectivity index is 1.77. The van der Waals surface area contributed by atoms with E-state index in [2.05, 4.69) is 17.3 Å². The van der Waals surface area contributed by atoms with E-state index in [1.165, 1.54) is 0 Å². The van der Waals surface area contributed by atoms with E-state index >= 15 is 0 Å². The molecule has 1 fully saturated rings. The molecule has 0 unspecified atom stereocenters. The quantitative estimate of drug-likeness (QED) is 0.925. The van der Waals surface area contributed by atoms with E-state index in [-0.39, 0.29) is 12.1 Å². The maximum absolute atomic E-state index is 12.6. The van der Waals surface area contributed by atoms with Gasteiger partial charge >= 0.3 is 6.03 Å². The molecule has 3 rings (SSSR count). The van der Waals surface area contributed by atoms with E-state index in [1.807, 2.05) is 37.1 Å². The normalized spacial score (nSPS) is 21.9. The Morgan fingerprint density at radius 3 is 2.95 bits per heavy atom. The van der Waals surface area contributed by atoms with Gasteiger partial charge in [0.05, 0.1) is 12.3 Å². The minimum absolute atomic E-state index is 0.0106. The van der Waals surface area contributed by atoms with Crippen molar-refractivity contribution in [2.24, 2.45) is 13.0 Å². The van der Waals surface area contributed by atoms with Gasteiger partial charge in [-0.25, -0.2) is 4.79 Å². The third-order valence-electron chi connectivity index (χ3n) is 4.35. The first-order valence-corrected chi connectivity index (χ1v) is 7.66. The van der Waals surface area contributed by atoms with E-state index in [0.717, 1.165) is 30.8 Å². The minimum Gasteiger partial charge on any atom is -0.467 e. The minimum atomic E-state index is -0.119. The summed E-state index contributed by atoms with van der Waals surface area (Å²) < 4.78 is 7.28. The maximum Gasteiger partial charge on any atom is 0.323 e. The summed E-state index contributed by atoms with van der Waals surface area (Å²) in [4.78, 5) is 14.5. The third-order valence-corrected chi connectivity index (χ3v) is 4.35. The summed E-state index contributed by atoms with van der Waals surface area (Å²) in [6.07, 6.45) is 3.58. The molecular weight excluding hydrogens is 280 g/mol. The predicted molar refractivity (Wildman–Crippen MR) is 83.5 cm³/mol. The van der Waals surface area contributed by atoms with Gasteiger partial charge in [-0.1, -0.05) is 6.92 Å². The molecule has 1 N–H and O–H groups in total. The number of anilines is 1. The lowest BCUT2D eigenvalue weighted by atomic mass is 9.91. The molecule has 1 aliphatic heterocycles. The van der Waals surface area contributed by atoms with Gasteiger partial charge in [-0.2, -0.15) is 5.10 Å². The van der Waals surface area contributed by atoms with Crippen molar-refractivity contribution in [2.75, 3.05) is 11.9 Å². The van der Waals surface area contributed by atoms with E-state index in [4.69, 9.17) is 4.42 Å². The summed E-state index contributed by atoms with van der Waals surface area (Å²) in [6.45, 7) is 4.90. The van der Waals surface area contributed by atoms with Crippen LogP contribution >= 0.6 is 0 Å². The number of likely N-dealkylation sites (tertiary alicyclic amines) is 1. The van der Waals surface area contributed by atoms with Crippen LogP contribution in [0.15, 0.2) is 28.9 Å². The van der Waals surface area contributed by atoms with Gasteiger partial charge in [0.2, 0.25) is 0 Å². The zero-order valence-corrected chi connectivity index (χ0v) is 13.2. The number of furan rings is 1. The first-order valence-electron chi connectivity index (χ1n) is 7.66. The summed E-state index contributed by atoms with van der Waals surface area (Å²) in [7, 11) is 1.86. The first-order chi connectivity index (χ1) is 10.5. The van der Waals surface area contributed by atoms with Crippen LogP contribution in [-0.4, -0.2) is 27.3 Å². The lowest BCUT2D eigenvalue weighted by Crippen LogP contribution is -2.42. The monoisotopic (exact) mass is 302 g/mol. The van der Waals surface area contributed by atoms with Crippen molar-refractivity contribution in [3.05, 3.63) is 35.9 Å². The molecule has 2 atom stereocenters. The zero-order chi connectivity index (χ0) is 15.7. The molecule has 6 nitrogen and oxygen atoms in total. The van der Waals surface area contributed by atoms with E-state index in [9.17, 15) is 4.79 Å². The molecule has 0 bridgehead atoms. The Hall–Kier alpha value is -2.24. The largest absolute Gasteiger partial charge is 0.467 e. The van der Waals surface area contributed by atoms with Gasteiger partial charge in [0.1, 0.15) is 5.76 Å². The standard InChI is InChI=1S/C16H22N4O2/c1-11-6-7-20(13(9-11)14-5-4-8-22-14)16(21)17-15-10-12(2)19(3)18-15/h4-5,8,10-11,13H,6-7,9H2,1-3H3,(H,17,18,21)/t11-,13-/m0/s1. The van der Waals surface area contributed by atoms with Crippen LogP contribution in [0, 0.1) is 12.8 Å². The number of rotatable bonds is 2. The maximum atomic E-state index is 12.6. The van der Waals surface area contributed by atoms with Crippen LogP contribution in [0.25, 0.3) is 0 Å². The summed E-state index contributed by atoms with van der Waals surface area (Å²) in [5, 5.41) is 7.18. The molecule has 1 aliphatic rings. The number of aromatic nitrogens is 2. The highest BCUT2D eigenvalue weighted by Crippen LogP contribution is 2.34. The van der Waals surface area contributed by atoms with Gasteiger partial charge < -0.3 is 9.32 Å². The highest BCUT2D eigenvalue weighted by molar-refractivity contribution is 5.88. The van der Waals surface area contributed by atoms with Crippen molar-refractivity contribution < 1.29 is 9.21 Å². The number of amides is 2. The second-order valence-corrected chi connectivity index (χ2v) is 6.08. The summed E-state index contributed by atoms with van der Waals surface area (Å²) >= 11 is 0. The smallest absolute Gasteiger partial charge is 0.323 e. The van der Waals surface area contributed by atoms with Gasteiger partial charge in [0, 0.05) is 25.4 Å². The predicted octanol–water partition coefficient (Wildman–Crippen LogP) is 3.33. The number of hydrogen-bond acceptors (Lipinski definition) is 3. The van der Waals surface area contributed by atoms with Crippen LogP contribution in [0.5, 0.6) is 0 Å².